The van der Waals surface area contributed by atoms with Gasteiger partial charge in [0.2, 0.25) is 0 Å². The molecule has 0 amide bonds. The van der Waals surface area contributed by atoms with E-state index in [-0.39, 0.29) is 6.10 Å². The van der Waals surface area contributed by atoms with Gasteiger partial charge in [0.15, 0.2) is 6.29 Å². The van der Waals surface area contributed by atoms with Gasteiger partial charge < -0.3 is 14.6 Å². The first-order chi connectivity index (χ1) is 9.17. The molecule has 2 atom stereocenters. The minimum absolute atomic E-state index is 0.0396. The molecule has 0 aromatic heterocycles. The van der Waals surface area contributed by atoms with Gasteiger partial charge in [0, 0.05) is 13.0 Å². The van der Waals surface area contributed by atoms with E-state index in [0.717, 1.165) is 18.4 Å². The van der Waals surface area contributed by atoms with E-state index in [2.05, 4.69) is 38.1 Å². The normalized spacial score (nSPS) is 14.3. The number of hydrogen-bond acceptors (Lipinski definition) is 3. The van der Waals surface area contributed by atoms with Gasteiger partial charge in [-0.1, -0.05) is 43.2 Å². The molecular weight excluding hydrogens is 240 g/mol. The lowest BCUT2D eigenvalue weighted by atomic mass is 10.0. The highest BCUT2D eigenvalue weighted by Crippen LogP contribution is 2.24. The highest BCUT2D eigenvalue weighted by atomic mass is 16.6. The third-order valence-corrected chi connectivity index (χ3v) is 3.03. The van der Waals surface area contributed by atoms with Crippen LogP contribution in [0.2, 0.25) is 0 Å². The van der Waals surface area contributed by atoms with Gasteiger partial charge in [-0.2, -0.15) is 0 Å². The molecule has 1 aromatic rings. The lowest BCUT2D eigenvalue weighted by Gasteiger charge is -2.22. The Hall–Kier alpha value is -0.900. The first kappa shape index (κ1) is 16.2. The molecule has 0 radical (unpaired) electrons. The van der Waals surface area contributed by atoms with Crippen molar-refractivity contribution in [2.45, 2.75) is 52.4 Å². The second-order valence-corrected chi connectivity index (χ2v) is 4.76. The molecule has 0 aliphatic heterocycles. The van der Waals surface area contributed by atoms with Crippen LogP contribution in [-0.2, 0) is 9.47 Å². The summed E-state index contributed by atoms with van der Waals surface area (Å²) in [5.74, 6) is 0. The van der Waals surface area contributed by atoms with Gasteiger partial charge in [0.25, 0.3) is 0 Å². The van der Waals surface area contributed by atoms with Gasteiger partial charge in [-0.3, -0.25) is 0 Å². The van der Waals surface area contributed by atoms with Crippen LogP contribution in [0, 0.1) is 6.92 Å². The van der Waals surface area contributed by atoms with Crippen molar-refractivity contribution in [3.63, 3.8) is 0 Å². The number of aliphatic hydroxyl groups is 1. The Balaban J connectivity index is 2.54. The van der Waals surface area contributed by atoms with Crippen LogP contribution < -0.4 is 0 Å². The summed E-state index contributed by atoms with van der Waals surface area (Å²) in [5.41, 5.74) is 2.36. The molecule has 108 valence electrons. The minimum atomic E-state index is -0.760. The van der Waals surface area contributed by atoms with Gasteiger partial charge in [-0.05, 0) is 25.8 Å². The zero-order valence-corrected chi connectivity index (χ0v) is 12.3. The molecule has 0 saturated carbocycles. The monoisotopic (exact) mass is 266 g/mol. The van der Waals surface area contributed by atoms with Crippen LogP contribution in [0.5, 0.6) is 0 Å². The van der Waals surface area contributed by atoms with Crippen molar-refractivity contribution >= 4 is 0 Å². The van der Waals surface area contributed by atoms with E-state index in [1.165, 1.54) is 5.56 Å². The number of hydrogen-bond donors (Lipinski definition) is 1. The van der Waals surface area contributed by atoms with Crippen LogP contribution in [0.4, 0.5) is 0 Å². The van der Waals surface area contributed by atoms with Crippen LogP contribution in [0.25, 0.3) is 0 Å². The van der Waals surface area contributed by atoms with Crippen LogP contribution in [-0.4, -0.2) is 24.6 Å². The lowest BCUT2D eigenvalue weighted by molar-refractivity contribution is -0.149. The summed E-state index contributed by atoms with van der Waals surface area (Å²) in [7, 11) is 0. The van der Waals surface area contributed by atoms with Crippen molar-refractivity contribution in [2.24, 2.45) is 0 Å². The SMILES string of the molecule is CCCC(OC(O)CCOCC)c1ccc(C)cc1. The van der Waals surface area contributed by atoms with E-state index in [1.54, 1.807) is 0 Å². The predicted molar refractivity (Wildman–Crippen MR) is 77.0 cm³/mol. The van der Waals surface area contributed by atoms with Crippen molar-refractivity contribution in [1.29, 1.82) is 0 Å². The summed E-state index contributed by atoms with van der Waals surface area (Å²) in [6, 6.07) is 8.30. The molecule has 0 aliphatic carbocycles. The first-order valence-electron chi connectivity index (χ1n) is 7.15. The first-order valence-corrected chi connectivity index (χ1v) is 7.15. The Morgan fingerprint density at radius 1 is 1.11 bits per heavy atom. The molecule has 0 bridgehead atoms. The molecule has 3 heteroatoms. The molecule has 1 rings (SSSR count). The summed E-state index contributed by atoms with van der Waals surface area (Å²) in [5, 5.41) is 9.89. The second kappa shape index (κ2) is 9.08. The Morgan fingerprint density at radius 3 is 2.37 bits per heavy atom. The maximum absolute atomic E-state index is 9.89. The van der Waals surface area contributed by atoms with Gasteiger partial charge in [0.1, 0.15) is 0 Å². The van der Waals surface area contributed by atoms with Crippen molar-refractivity contribution in [1.82, 2.24) is 0 Å². The largest absolute Gasteiger partial charge is 0.382 e. The molecule has 0 aliphatic rings. The fraction of sp³-hybridized carbons (Fsp3) is 0.625. The molecule has 0 heterocycles. The Kier molecular flexibility index (Phi) is 7.72. The van der Waals surface area contributed by atoms with Crippen LogP contribution in [0.1, 0.15) is 50.3 Å². The molecule has 0 spiro atoms. The van der Waals surface area contributed by atoms with Gasteiger partial charge in [0.05, 0.1) is 12.7 Å². The molecule has 3 nitrogen and oxygen atoms in total. The molecule has 1 N–H and O–H groups in total. The zero-order valence-electron chi connectivity index (χ0n) is 12.3. The van der Waals surface area contributed by atoms with Crippen LogP contribution >= 0.6 is 0 Å². The number of ether oxygens (including phenoxy) is 2. The highest BCUT2D eigenvalue weighted by Gasteiger charge is 2.15. The third kappa shape index (κ3) is 6.19. The Bertz CT molecular complexity index is 334. The topological polar surface area (TPSA) is 38.7 Å². The van der Waals surface area contributed by atoms with E-state index >= 15 is 0 Å². The molecular formula is C16H26O3. The quantitative estimate of drug-likeness (QED) is 0.548. The fourth-order valence-electron chi connectivity index (χ4n) is 1.94. The van der Waals surface area contributed by atoms with E-state index in [4.69, 9.17) is 9.47 Å². The van der Waals surface area contributed by atoms with Gasteiger partial charge in [-0.25, -0.2) is 0 Å². The number of aryl methyl sites for hydroxylation is 1. The number of rotatable bonds is 9. The Morgan fingerprint density at radius 2 is 1.79 bits per heavy atom. The maximum atomic E-state index is 9.89. The molecule has 0 saturated heterocycles. The van der Waals surface area contributed by atoms with Gasteiger partial charge in [-0.15, -0.1) is 0 Å². The number of aliphatic hydroxyl groups excluding tert-OH is 1. The third-order valence-electron chi connectivity index (χ3n) is 3.03. The smallest absolute Gasteiger partial charge is 0.157 e. The molecule has 0 fully saturated rings. The van der Waals surface area contributed by atoms with Crippen molar-refractivity contribution in [3.8, 4) is 0 Å². The van der Waals surface area contributed by atoms with Crippen molar-refractivity contribution in [3.05, 3.63) is 35.4 Å². The highest BCUT2D eigenvalue weighted by molar-refractivity contribution is 5.23. The molecule has 19 heavy (non-hydrogen) atoms. The fourth-order valence-corrected chi connectivity index (χ4v) is 1.94. The standard InChI is InChI=1S/C16H26O3/c1-4-6-15(14-9-7-13(3)8-10-14)19-16(17)11-12-18-5-2/h7-10,15-17H,4-6,11-12H2,1-3H3. The molecule has 1 aromatic carbocycles. The minimum Gasteiger partial charge on any atom is -0.382 e. The van der Waals surface area contributed by atoms with Crippen molar-refractivity contribution < 1.29 is 14.6 Å². The summed E-state index contributed by atoms with van der Waals surface area (Å²) in [6.07, 6.45) is 1.65. The van der Waals surface area contributed by atoms with Crippen molar-refractivity contribution in [2.75, 3.05) is 13.2 Å². The second-order valence-electron chi connectivity index (χ2n) is 4.76. The summed E-state index contributed by atoms with van der Waals surface area (Å²) >= 11 is 0. The summed E-state index contributed by atoms with van der Waals surface area (Å²) < 4.78 is 11.0. The Labute approximate surface area is 116 Å². The number of benzene rings is 1. The van der Waals surface area contributed by atoms with E-state index in [9.17, 15) is 5.11 Å². The average Bonchev–Trinajstić information content (AvgIpc) is 2.39. The maximum Gasteiger partial charge on any atom is 0.157 e. The van der Waals surface area contributed by atoms with Crippen LogP contribution in [0.15, 0.2) is 24.3 Å². The van der Waals surface area contributed by atoms with Gasteiger partial charge >= 0.3 is 0 Å². The predicted octanol–water partition coefficient (Wildman–Crippen LogP) is 3.60. The summed E-state index contributed by atoms with van der Waals surface area (Å²) in [4.78, 5) is 0. The molecule has 2 unspecified atom stereocenters. The summed E-state index contributed by atoms with van der Waals surface area (Å²) in [6.45, 7) is 7.33. The average molecular weight is 266 g/mol. The van der Waals surface area contributed by atoms with E-state index in [1.807, 2.05) is 6.92 Å². The lowest BCUT2D eigenvalue weighted by Crippen LogP contribution is -2.18. The van der Waals surface area contributed by atoms with E-state index < -0.39 is 6.29 Å². The zero-order chi connectivity index (χ0) is 14.1. The van der Waals surface area contributed by atoms with E-state index in [0.29, 0.717) is 19.6 Å². The van der Waals surface area contributed by atoms with Crippen LogP contribution in [0.3, 0.4) is 0 Å².